The van der Waals surface area contributed by atoms with E-state index in [-0.39, 0.29) is 10.8 Å². The molecule has 0 heterocycles. The second-order valence-electron chi connectivity index (χ2n) is 1.43. The molecule has 0 spiro atoms. The molecule has 2 atom stereocenters. The first kappa shape index (κ1) is 4.73. The van der Waals surface area contributed by atoms with Gasteiger partial charge < -0.3 is 0 Å². The van der Waals surface area contributed by atoms with E-state index in [9.17, 15) is 0 Å². The van der Waals surface area contributed by atoms with Crippen LogP contribution in [0.2, 0.25) is 0 Å². The normalized spacial score (nSPS) is 45.0. The van der Waals surface area contributed by atoms with E-state index >= 15 is 0 Å². The van der Waals surface area contributed by atoms with Crippen LogP contribution in [0.15, 0.2) is 0 Å². The lowest BCUT2D eigenvalue weighted by Crippen LogP contribution is -2.27. The topological polar surface area (TPSA) is 0 Å². The molecule has 2 heteroatoms. The number of alkyl halides is 2. The largest absolute Gasteiger partial charge is 0.121 e. The number of rotatable bonds is 0. The Hall–Kier alpha value is 0.580. The monoisotopic (exact) mass is 123 g/mol. The molecule has 0 nitrogen and oxygen atoms in total. The van der Waals surface area contributed by atoms with Crippen molar-refractivity contribution in [1.29, 1.82) is 0 Å². The number of hydrogen-bond donors (Lipinski definition) is 0. The molecule has 0 aromatic heterocycles. The quantitative estimate of drug-likeness (QED) is 0.432. The first-order chi connectivity index (χ1) is 2.80. The van der Waals surface area contributed by atoms with Crippen LogP contribution in [0.3, 0.4) is 0 Å². The summed E-state index contributed by atoms with van der Waals surface area (Å²) < 4.78 is 0. The minimum Gasteiger partial charge on any atom is -0.121 e. The van der Waals surface area contributed by atoms with Crippen molar-refractivity contribution in [2.75, 3.05) is 0 Å². The van der Waals surface area contributed by atoms with Crippen LogP contribution >= 0.6 is 23.2 Å². The van der Waals surface area contributed by atoms with Gasteiger partial charge in [0.1, 0.15) is 0 Å². The van der Waals surface area contributed by atoms with Gasteiger partial charge in [-0.2, -0.15) is 0 Å². The molecule has 0 aromatic rings. The number of hydrogen-bond acceptors (Lipinski definition) is 0. The molecule has 0 N–H and O–H groups in total. The summed E-state index contributed by atoms with van der Waals surface area (Å²) in [7, 11) is 0. The molecule has 1 rings (SSSR count). The average Bonchev–Trinajstić information content (AvgIpc) is 1.61. The molecule has 6 heavy (non-hydrogen) atoms. The zero-order valence-electron chi connectivity index (χ0n) is 3.20. The van der Waals surface area contributed by atoms with Gasteiger partial charge in [-0.25, -0.2) is 0 Å². The minimum absolute atomic E-state index is 0.145. The van der Waals surface area contributed by atoms with Gasteiger partial charge >= 0.3 is 0 Å². The second kappa shape index (κ2) is 1.59. The number of halogens is 2. The van der Waals surface area contributed by atoms with E-state index in [2.05, 4.69) is 0 Å². The van der Waals surface area contributed by atoms with Crippen molar-refractivity contribution in [1.82, 2.24) is 0 Å². The van der Waals surface area contributed by atoms with Gasteiger partial charge in [0.2, 0.25) is 0 Å². The second-order valence-corrected chi connectivity index (χ2v) is 2.50. The predicted octanol–water partition coefficient (Wildman–Crippen LogP) is 1.81. The molecule has 1 aliphatic rings. The smallest absolute Gasteiger partial charge is 0.0531 e. The maximum atomic E-state index is 5.54. The van der Waals surface area contributed by atoms with Gasteiger partial charge in [0.25, 0.3) is 0 Å². The Morgan fingerprint density at radius 2 is 2.00 bits per heavy atom. The molecule has 0 aromatic carbocycles. The van der Waals surface area contributed by atoms with Gasteiger partial charge in [0.05, 0.1) is 10.8 Å². The third-order valence-electron chi connectivity index (χ3n) is 0.932. The molecule has 0 aliphatic heterocycles. The van der Waals surface area contributed by atoms with Gasteiger partial charge in [-0.1, -0.05) is 0 Å². The van der Waals surface area contributed by atoms with Crippen LogP contribution in [-0.2, 0) is 0 Å². The highest BCUT2D eigenvalue weighted by Gasteiger charge is 2.26. The van der Waals surface area contributed by atoms with Crippen molar-refractivity contribution < 1.29 is 0 Å². The van der Waals surface area contributed by atoms with Crippen LogP contribution < -0.4 is 0 Å². The fourth-order valence-corrected chi connectivity index (χ4v) is 0.753. The van der Waals surface area contributed by atoms with Gasteiger partial charge in [-0.3, -0.25) is 0 Å². The third kappa shape index (κ3) is 0.640. The van der Waals surface area contributed by atoms with E-state index in [1.165, 1.54) is 0 Å². The summed E-state index contributed by atoms with van der Waals surface area (Å²) in [5.41, 5.74) is 0. The van der Waals surface area contributed by atoms with Crippen LogP contribution in [0.25, 0.3) is 0 Å². The zero-order valence-corrected chi connectivity index (χ0v) is 4.71. The van der Waals surface area contributed by atoms with E-state index in [4.69, 9.17) is 23.2 Å². The van der Waals surface area contributed by atoms with Gasteiger partial charge in [-0.05, 0) is 12.8 Å². The molecule has 2 unspecified atom stereocenters. The Bertz CT molecular complexity index is 45.5. The van der Waals surface area contributed by atoms with Gasteiger partial charge in [-0.15, -0.1) is 23.2 Å². The van der Waals surface area contributed by atoms with Gasteiger partial charge in [0, 0.05) is 0 Å². The maximum Gasteiger partial charge on any atom is 0.0531 e. The SMILES string of the molecule is ClC1[CH]CC1Cl. The summed E-state index contributed by atoms with van der Waals surface area (Å²) in [6.45, 7) is 0. The fraction of sp³-hybridized carbons (Fsp3) is 0.750. The average molecular weight is 124 g/mol. The summed E-state index contributed by atoms with van der Waals surface area (Å²) >= 11 is 11.0. The molecule has 1 saturated carbocycles. The molecule has 0 amide bonds. The van der Waals surface area contributed by atoms with Gasteiger partial charge in [0.15, 0.2) is 0 Å². The first-order valence-corrected chi connectivity index (χ1v) is 2.79. The molecular formula is C4H5Cl2. The first-order valence-electron chi connectivity index (χ1n) is 1.92. The van der Waals surface area contributed by atoms with Crippen LogP contribution in [-0.4, -0.2) is 10.8 Å². The zero-order chi connectivity index (χ0) is 4.57. The van der Waals surface area contributed by atoms with Crippen LogP contribution in [0.5, 0.6) is 0 Å². The predicted molar refractivity (Wildman–Crippen MR) is 28.2 cm³/mol. The van der Waals surface area contributed by atoms with Crippen LogP contribution in [0.4, 0.5) is 0 Å². The van der Waals surface area contributed by atoms with Crippen molar-refractivity contribution in [3.63, 3.8) is 0 Å². The fourth-order valence-electron chi connectivity index (χ4n) is 0.342. The van der Waals surface area contributed by atoms with E-state index in [0.29, 0.717) is 0 Å². The third-order valence-corrected chi connectivity index (χ3v) is 1.99. The Labute approximate surface area is 47.4 Å². The Morgan fingerprint density at radius 1 is 1.50 bits per heavy atom. The summed E-state index contributed by atoms with van der Waals surface area (Å²) in [6.07, 6.45) is 2.98. The lowest BCUT2D eigenvalue weighted by atomic mass is 9.99. The maximum absolute atomic E-state index is 5.54. The molecule has 35 valence electrons. The van der Waals surface area contributed by atoms with Crippen molar-refractivity contribution in [3.8, 4) is 0 Å². The molecular weight excluding hydrogens is 119 g/mol. The van der Waals surface area contributed by atoms with E-state index in [0.717, 1.165) is 6.42 Å². The van der Waals surface area contributed by atoms with Crippen molar-refractivity contribution >= 4 is 23.2 Å². The van der Waals surface area contributed by atoms with E-state index in [1.807, 2.05) is 6.42 Å². The highest BCUT2D eigenvalue weighted by molar-refractivity contribution is 6.32. The Kier molecular flexibility index (Phi) is 1.25. The van der Waals surface area contributed by atoms with E-state index in [1.54, 1.807) is 0 Å². The summed E-state index contributed by atoms with van der Waals surface area (Å²) in [4.78, 5) is 0. The van der Waals surface area contributed by atoms with Crippen molar-refractivity contribution in [2.45, 2.75) is 17.2 Å². The lowest BCUT2D eigenvalue weighted by Gasteiger charge is -2.24. The summed E-state index contributed by atoms with van der Waals surface area (Å²) in [5.74, 6) is 0. The standard InChI is InChI=1S/C4H5Cl2/c5-3-1-2-4(3)6/h1,3-4H,2H2. The molecule has 1 radical (unpaired) electrons. The van der Waals surface area contributed by atoms with Crippen molar-refractivity contribution in [2.24, 2.45) is 0 Å². The molecule has 1 aliphatic carbocycles. The molecule has 1 fully saturated rings. The lowest BCUT2D eigenvalue weighted by molar-refractivity contribution is 0.672. The van der Waals surface area contributed by atoms with E-state index < -0.39 is 0 Å². The molecule has 0 saturated heterocycles. The highest BCUT2D eigenvalue weighted by Crippen LogP contribution is 2.28. The van der Waals surface area contributed by atoms with Crippen LogP contribution in [0.1, 0.15) is 6.42 Å². The molecule has 0 bridgehead atoms. The summed E-state index contributed by atoms with van der Waals surface area (Å²) in [5, 5.41) is 0.360. The van der Waals surface area contributed by atoms with Crippen molar-refractivity contribution in [3.05, 3.63) is 6.42 Å². The Balaban J connectivity index is 2.20. The minimum atomic E-state index is 0.145. The summed E-state index contributed by atoms with van der Waals surface area (Å²) in [6, 6.07) is 0. The van der Waals surface area contributed by atoms with Crippen LogP contribution in [0, 0.1) is 6.42 Å². The Morgan fingerprint density at radius 3 is 2.00 bits per heavy atom. The highest BCUT2D eigenvalue weighted by atomic mass is 35.5.